The fraction of sp³-hybridized carbons (Fsp3) is 0.300. The van der Waals surface area contributed by atoms with E-state index < -0.39 is 0 Å². The van der Waals surface area contributed by atoms with Gasteiger partial charge in [0.2, 0.25) is 6.41 Å². The molecule has 1 amide bonds. The van der Waals surface area contributed by atoms with E-state index in [9.17, 15) is 4.79 Å². The second-order valence-corrected chi connectivity index (χ2v) is 4.06. The van der Waals surface area contributed by atoms with Crippen molar-refractivity contribution in [3.63, 3.8) is 0 Å². The molecule has 0 saturated carbocycles. The van der Waals surface area contributed by atoms with Crippen molar-refractivity contribution < 1.29 is 4.79 Å². The lowest BCUT2D eigenvalue weighted by atomic mass is 10.0. The fourth-order valence-electron chi connectivity index (χ4n) is 1.67. The molecule has 1 aromatic rings. The molecule has 0 bridgehead atoms. The van der Waals surface area contributed by atoms with Crippen LogP contribution in [0.25, 0.3) is 0 Å². The van der Waals surface area contributed by atoms with Crippen LogP contribution in [0, 0.1) is 0 Å². The molecule has 0 N–H and O–H groups in total. The first kappa shape index (κ1) is 8.75. The Hall–Kier alpha value is -0.830. The number of rotatable bonds is 1. The van der Waals surface area contributed by atoms with E-state index in [1.807, 2.05) is 6.07 Å². The molecule has 0 atom stereocenters. The van der Waals surface area contributed by atoms with Gasteiger partial charge in [-0.25, -0.2) is 0 Å². The van der Waals surface area contributed by atoms with Crippen molar-refractivity contribution in [2.75, 3.05) is 6.54 Å². The van der Waals surface area contributed by atoms with Gasteiger partial charge in [0.25, 0.3) is 0 Å². The number of carbonyl (C=O) groups is 1. The molecule has 0 radical (unpaired) electrons. The van der Waals surface area contributed by atoms with Crippen LogP contribution in [0.4, 0.5) is 0 Å². The highest BCUT2D eigenvalue weighted by molar-refractivity contribution is 9.10. The molecule has 1 aromatic carbocycles. The summed E-state index contributed by atoms with van der Waals surface area (Å²) in [5.41, 5.74) is 2.60. The number of carbonyl (C=O) groups excluding carboxylic acids is 1. The Kier molecular flexibility index (Phi) is 2.36. The van der Waals surface area contributed by atoms with Gasteiger partial charge >= 0.3 is 0 Å². The van der Waals surface area contributed by atoms with Gasteiger partial charge in [0, 0.05) is 17.6 Å². The highest BCUT2D eigenvalue weighted by Crippen LogP contribution is 2.25. The van der Waals surface area contributed by atoms with Crippen molar-refractivity contribution in [1.29, 1.82) is 0 Å². The molecule has 0 aliphatic carbocycles. The molecular formula is C10H10BrNO. The van der Waals surface area contributed by atoms with E-state index in [0.29, 0.717) is 0 Å². The molecule has 1 heterocycles. The van der Waals surface area contributed by atoms with Gasteiger partial charge in [0.15, 0.2) is 0 Å². The summed E-state index contributed by atoms with van der Waals surface area (Å²) in [7, 11) is 0. The quantitative estimate of drug-likeness (QED) is 0.687. The van der Waals surface area contributed by atoms with Crippen LogP contribution in [0.5, 0.6) is 0 Å². The van der Waals surface area contributed by atoms with Crippen molar-refractivity contribution in [2.45, 2.75) is 13.0 Å². The third-order valence-corrected chi connectivity index (χ3v) is 3.13. The summed E-state index contributed by atoms with van der Waals surface area (Å²) in [6.07, 6.45) is 1.87. The number of nitrogens with zero attached hydrogens (tertiary/aromatic N) is 1. The van der Waals surface area contributed by atoms with Gasteiger partial charge in [-0.1, -0.05) is 28.1 Å². The lowest BCUT2D eigenvalue weighted by Gasteiger charge is -2.25. The largest absolute Gasteiger partial charge is 0.341 e. The molecule has 68 valence electrons. The summed E-state index contributed by atoms with van der Waals surface area (Å²) in [4.78, 5) is 12.4. The van der Waals surface area contributed by atoms with E-state index in [0.717, 1.165) is 30.4 Å². The highest BCUT2D eigenvalue weighted by atomic mass is 79.9. The molecule has 0 spiro atoms. The monoisotopic (exact) mass is 239 g/mol. The number of halogens is 1. The lowest BCUT2D eigenvalue weighted by molar-refractivity contribution is -0.118. The lowest BCUT2D eigenvalue weighted by Crippen LogP contribution is -2.29. The first-order valence-electron chi connectivity index (χ1n) is 4.27. The summed E-state index contributed by atoms with van der Waals surface area (Å²) in [5.74, 6) is 0. The molecule has 2 nitrogen and oxygen atoms in total. The minimum absolute atomic E-state index is 0.748. The summed E-state index contributed by atoms with van der Waals surface area (Å²) in [5, 5.41) is 0. The molecule has 2 rings (SSSR count). The molecule has 13 heavy (non-hydrogen) atoms. The normalized spacial score (nSPS) is 15.3. The van der Waals surface area contributed by atoms with Crippen molar-refractivity contribution in [2.24, 2.45) is 0 Å². The molecule has 0 unspecified atom stereocenters. The Morgan fingerprint density at radius 2 is 2.31 bits per heavy atom. The molecular weight excluding hydrogens is 230 g/mol. The topological polar surface area (TPSA) is 20.3 Å². The maximum absolute atomic E-state index is 10.6. The van der Waals surface area contributed by atoms with E-state index in [1.165, 1.54) is 11.1 Å². The Labute approximate surface area is 85.7 Å². The van der Waals surface area contributed by atoms with Gasteiger partial charge in [0.1, 0.15) is 0 Å². The van der Waals surface area contributed by atoms with Crippen molar-refractivity contribution >= 4 is 22.3 Å². The van der Waals surface area contributed by atoms with Crippen LogP contribution in [-0.4, -0.2) is 17.9 Å². The zero-order valence-corrected chi connectivity index (χ0v) is 8.75. The fourth-order valence-corrected chi connectivity index (χ4v) is 2.28. The van der Waals surface area contributed by atoms with Gasteiger partial charge in [-0.05, 0) is 23.6 Å². The van der Waals surface area contributed by atoms with Crippen LogP contribution in [-0.2, 0) is 17.8 Å². The maximum atomic E-state index is 10.6. The predicted octanol–water partition coefficient (Wildman–Crippen LogP) is 1.96. The SMILES string of the molecule is O=CN1CCc2c(Br)cccc2C1. The Balaban J connectivity index is 2.36. The highest BCUT2D eigenvalue weighted by Gasteiger charge is 2.15. The average molecular weight is 240 g/mol. The average Bonchev–Trinajstić information content (AvgIpc) is 2.18. The van der Waals surface area contributed by atoms with Gasteiger partial charge in [-0.2, -0.15) is 0 Å². The minimum Gasteiger partial charge on any atom is -0.341 e. The van der Waals surface area contributed by atoms with Crippen LogP contribution < -0.4 is 0 Å². The van der Waals surface area contributed by atoms with Crippen molar-refractivity contribution in [3.8, 4) is 0 Å². The second-order valence-electron chi connectivity index (χ2n) is 3.20. The van der Waals surface area contributed by atoms with E-state index in [-0.39, 0.29) is 0 Å². The van der Waals surface area contributed by atoms with Crippen LogP contribution in [0.3, 0.4) is 0 Å². The van der Waals surface area contributed by atoms with Crippen molar-refractivity contribution in [3.05, 3.63) is 33.8 Å². The first-order valence-corrected chi connectivity index (χ1v) is 5.06. The van der Waals surface area contributed by atoms with E-state index in [4.69, 9.17) is 0 Å². The van der Waals surface area contributed by atoms with E-state index in [2.05, 4.69) is 28.1 Å². The number of benzene rings is 1. The molecule has 0 fully saturated rings. The van der Waals surface area contributed by atoms with Crippen molar-refractivity contribution in [1.82, 2.24) is 4.90 Å². The third kappa shape index (κ3) is 1.61. The van der Waals surface area contributed by atoms with E-state index in [1.54, 1.807) is 4.90 Å². The summed E-state index contributed by atoms with van der Waals surface area (Å²) in [6.45, 7) is 1.58. The molecule has 1 aliphatic heterocycles. The maximum Gasteiger partial charge on any atom is 0.210 e. The van der Waals surface area contributed by atoms with Crippen LogP contribution in [0.2, 0.25) is 0 Å². The number of hydrogen-bond acceptors (Lipinski definition) is 1. The smallest absolute Gasteiger partial charge is 0.210 e. The third-order valence-electron chi connectivity index (χ3n) is 2.39. The van der Waals surface area contributed by atoms with Crippen LogP contribution in [0.15, 0.2) is 22.7 Å². The Morgan fingerprint density at radius 1 is 1.46 bits per heavy atom. The summed E-state index contributed by atoms with van der Waals surface area (Å²) in [6, 6.07) is 6.14. The van der Waals surface area contributed by atoms with Gasteiger partial charge < -0.3 is 4.90 Å². The number of hydrogen-bond donors (Lipinski definition) is 0. The molecule has 0 saturated heterocycles. The van der Waals surface area contributed by atoms with Gasteiger partial charge in [-0.15, -0.1) is 0 Å². The minimum atomic E-state index is 0.748. The molecule has 0 aromatic heterocycles. The predicted molar refractivity (Wildman–Crippen MR) is 54.3 cm³/mol. The zero-order chi connectivity index (χ0) is 9.26. The zero-order valence-electron chi connectivity index (χ0n) is 7.16. The van der Waals surface area contributed by atoms with Gasteiger partial charge in [0.05, 0.1) is 0 Å². The van der Waals surface area contributed by atoms with Gasteiger partial charge in [-0.3, -0.25) is 4.79 Å². The summed E-state index contributed by atoms with van der Waals surface area (Å²) < 4.78 is 1.16. The van der Waals surface area contributed by atoms with Crippen LogP contribution >= 0.6 is 15.9 Å². The Morgan fingerprint density at radius 3 is 3.08 bits per heavy atom. The first-order chi connectivity index (χ1) is 6.31. The molecule has 1 aliphatic rings. The van der Waals surface area contributed by atoms with Crippen LogP contribution in [0.1, 0.15) is 11.1 Å². The Bertz CT molecular complexity index is 338. The second kappa shape index (κ2) is 3.50. The number of fused-ring (bicyclic) bond motifs is 1. The molecule has 3 heteroatoms. The van der Waals surface area contributed by atoms with E-state index >= 15 is 0 Å². The summed E-state index contributed by atoms with van der Waals surface area (Å²) >= 11 is 3.52. The standard InChI is InChI=1S/C10H10BrNO/c11-10-3-1-2-8-6-12(7-13)5-4-9(8)10/h1-3,7H,4-6H2. The number of amides is 1.